The van der Waals surface area contributed by atoms with Crippen molar-refractivity contribution in [3.8, 4) is 11.5 Å². The summed E-state index contributed by atoms with van der Waals surface area (Å²) in [5.74, 6) is 1.16. The van der Waals surface area contributed by atoms with Gasteiger partial charge in [-0.25, -0.2) is 0 Å². The van der Waals surface area contributed by atoms with E-state index in [-0.39, 0.29) is 11.8 Å². The van der Waals surface area contributed by atoms with Crippen molar-refractivity contribution in [3.63, 3.8) is 0 Å². The molecule has 1 aliphatic heterocycles. The lowest BCUT2D eigenvalue weighted by Crippen LogP contribution is -2.22. The number of para-hydroxylation sites is 1. The molecule has 1 atom stereocenters. The lowest BCUT2D eigenvalue weighted by Gasteiger charge is -2.12. The van der Waals surface area contributed by atoms with Crippen LogP contribution in [0.25, 0.3) is 0 Å². The average Bonchev–Trinajstić information content (AvgIpc) is 2.83. The van der Waals surface area contributed by atoms with Gasteiger partial charge in [0.05, 0.1) is 11.7 Å². The first-order valence-electron chi connectivity index (χ1n) is 6.34. The quantitative estimate of drug-likeness (QED) is 0.885. The van der Waals surface area contributed by atoms with Crippen LogP contribution in [-0.2, 0) is 6.54 Å². The number of benzene rings is 1. The number of aryl methyl sites for hydroxylation is 1. The van der Waals surface area contributed by atoms with Crippen LogP contribution in [0, 0.1) is 6.92 Å². The molecule has 1 aromatic heterocycles. The topological polar surface area (TPSA) is 54.4 Å². The molecule has 2 aromatic rings. The third-order valence-corrected chi connectivity index (χ3v) is 3.31. The molecule has 0 saturated heterocycles. The number of nitrogens with zero attached hydrogens (tertiary/aromatic N) is 1. The number of ether oxygens (including phenoxy) is 1. The molecule has 0 aliphatic carbocycles. The van der Waals surface area contributed by atoms with Gasteiger partial charge in [-0.3, -0.25) is 4.98 Å². The van der Waals surface area contributed by atoms with Gasteiger partial charge < -0.3 is 15.2 Å². The zero-order valence-corrected chi connectivity index (χ0v) is 10.8. The maximum atomic E-state index is 9.77. The minimum Gasteiger partial charge on any atom is -0.506 e. The van der Waals surface area contributed by atoms with E-state index in [2.05, 4.69) is 16.4 Å². The molecule has 4 nitrogen and oxygen atoms in total. The zero-order chi connectivity index (χ0) is 13.2. The van der Waals surface area contributed by atoms with Crippen molar-refractivity contribution in [3.05, 3.63) is 53.3 Å². The van der Waals surface area contributed by atoms with Crippen molar-refractivity contribution in [2.75, 3.05) is 6.61 Å². The summed E-state index contributed by atoms with van der Waals surface area (Å²) in [4.78, 5) is 4.34. The molecule has 3 rings (SSSR count). The van der Waals surface area contributed by atoms with Crippen molar-refractivity contribution >= 4 is 0 Å². The van der Waals surface area contributed by atoms with Gasteiger partial charge in [-0.2, -0.15) is 0 Å². The van der Waals surface area contributed by atoms with Gasteiger partial charge in [-0.15, -0.1) is 0 Å². The fourth-order valence-corrected chi connectivity index (χ4v) is 2.28. The Morgan fingerprint density at radius 2 is 2.16 bits per heavy atom. The van der Waals surface area contributed by atoms with E-state index >= 15 is 0 Å². The highest BCUT2D eigenvalue weighted by atomic mass is 16.5. The molecule has 1 aromatic carbocycles. The molecule has 0 saturated carbocycles. The van der Waals surface area contributed by atoms with Crippen LogP contribution in [0.4, 0.5) is 0 Å². The fourth-order valence-electron chi connectivity index (χ4n) is 2.28. The van der Waals surface area contributed by atoms with E-state index in [4.69, 9.17) is 4.74 Å². The van der Waals surface area contributed by atoms with Gasteiger partial charge in [0.2, 0.25) is 0 Å². The second-order valence-electron chi connectivity index (χ2n) is 4.70. The molecule has 4 heteroatoms. The van der Waals surface area contributed by atoms with Crippen LogP contribution in [0.2, 0.25) is 0 Å². The molecule has 0 bridgehead atoms. The Bertz CT molecular complexity index is 598. The van der Waals surface area contributed by atoms with Crippen LogP contribution in [-0.4, -0.2) is 16.7 Å². The monoisotopic (exact) mass is 256 g/mol. The standard InChI is InChI=1S/C15H16N2O2/c1-10-6-7-14(18)12(17-10)8-16-13-9-19-15-5-3-2-4-11(13)15/h2-7,13,16,18H,8-9H2,1H3/t13-/m1/s1. The molecular formula is C15H16N2O2. The van der Waals surface area contributed by atoms with Crippen molar-refractivity contribution in [1.82, 2.24) is 10.3 Å². The number of nitrogens with one attached hydrogen (secondary N) is 1. The summed E-state index contributed by atoms with van der Waals surface area (Å²) < 4.78 is 5.61. The summed E-state index contributed by atoms with van der Waals surface area (Å²) in [6.45, 7) is 3.05. The maximum Gasteiger partial charge on any atom is 0.138 e. The van der Waals surface area contributed by atoms with Crippen LogP contribution in [0.1, 0.15) is 23.0 Å². The normalized spacial score (nSPS) is 17.0. The maximum absolute atomic E-state index is 9.77. The number of aromatic nitrogens is 1. The summed E-state index contributed by atoms with van der Waals surface area (Å²) in [6.07, 6.45) is 0. The number of pyridine rings is 1. The zero-order valence-electron chi connectivity index (χ0n) is 10.8. The summed E-state index contributed by atoms with van der Waals surface area (Å²) in [5.41, 5.74) is 2.73. The smallest absolute Gasteiger partial charge is 0.138 e. The number of hydrogen-bond donors (Lipinski definition) is 2. The van der Waals surface area contributed by atoms with Crippen LogP contribution >= 0.6 is 0 Å². The van der Waals surface area contributed by atoms with Crippen molar-refractivity contribution in [2.24, 2.45) is 0 Å². The Hall–Kier alpha value is -2.07. The number of aromatic hydroxyl groups is 1. The van der Waals surface area contributed by atoms with E-state index in [0.29, 0.717) is 18.8 Å². The van der Waals surface area contributed by atoms with Crippen molar-refractivity contribution < 1.29 is 9.84 Å². The molecule has 0 fully saturated rings. The predicted octanol–water partition coefficient (Wildman–Crippen LogP) is 2.32. The van der Waals surface area contributed by atoms with E-state index in [1.807, 2.05) is 25.1 Å². The Kier molecular flexibility index (Phi) is 3.09. The average molecular weight is 256 g/mol. The molecule has 2 N–H and O–H groups in total. The van der Waals surface area contributed by atoms with E-state index < -0.39 is 0 Å². The van der Waals surface area contributed by atoms with Crippen molar-refractivity contribution in [1.29, 1.82) is 0 Å². The molecule has 1 aliphatic rings. The first-order chi connectivity index (χ1) is 9.24. The Morgan fingerprint density at radius 3 is 3.05 bits per heavy atom. The lowest BCUT2D eigenvalue weighted by atomic mass is 10.1. The Balaban J connectivity index is 1.72. The number of hydrogen-bond acceptors (Lipinski definition) is 4. The Labute approximate surface area is 112 Å². The molecule has 19 heavy (non-hydrogen) atoms. The van der Waals surface area contributed by atoms with Gasteiger partial charge in [0.1, 0.15) is 18.1 Å². The first kappa shape index (κ1) is 12.0. The highest BCUT2D eigenvalue weighted by Crippen LogP contribution is 2.32. The minimum absolute atomic E-state index is 0.151. The fraction of sp³-hybridized carbons (Fsp3) is 0.267. The summed E-state index contributed by atoms with van der Waals surface area (Å²) in [7, 11) is 0. The van der Waals surface area contributed by atoms with Crippen LogP contribution in [0.5, 0.6) is 11.5 Å². The molecule has 2 heterocycles. The van der Waals surface area contributed by atoms with E-state index in [1.54, 1.807) is 12.1 Å². The predicted molar refractivity (Wildman–Crippen MR) is 72.2 cm³/mol. The van der Waals surface area contributed by atoms with Gasteiger partial charge in [0, 0.05) is 17.8 Å². The lowest BCUT2D eigenvalue weighted by molar-refractivity contribution is 0.309. The number of rotatable bonds is 3. The molecular weight excluding hydrogens is 240 g/mol. The first-order valence-corrected chi connectivity index (χ1v) is 6.34. The molecule has 0 unspecified atom stereocenters. The summed E-state index contributed by atoms with van der Waals surface area (Å²) in [6, 6.07) is 11.6. The van der Waals surface area contributed by atoms with E-state index in [9.17, 15) is 5.11 Å². The third kappa shape index (κ3) is 2.39. The van der Waals surface area contributed by atoms with E-state index in [0.717, 1.165) is 17.0 Å². The van der Waals surface area contributed by atoms with Crippen LogP contribution < -0.4 is 10.1 Å². The van der Waals surface area contributed by atoms with Gasteiger partial charge in [0.25, 0.3) is 0 Å². The summed E-state index contributed by atoms with van der Waals surface area (Å²) in [5, 5.41) is 13.1. The van der Waals surface area contributed by atoms with Crippen molar-refractivity contribution in [2.45, 2.75) is 19.5 Å². The van der Waals surface area contributed by atoms with Gasteiger partial charge in [-0.1, -0.05) is 18.2 Å². The van der Waals surface area contributed by atoms with Gasteiger partial charge >= 0.3 is 0 Å². The highest BCUT2D eigenvalue weighted by molar-refractivity contribution is 5.39. The highest BCUT2D eigenvalue weighted by Gasteiger charge is 2.23. The SMILES string of the molecule is Cc1ccc(O)c(CN[C@@H]2COc3ccccc32)n1. The van der Waals surface area contributed by atoms with Gasteiger partial charge in [-0.05, 0) is 25.1 Å². The largest absolute Gasteiger partial charge is 0.506 e. The van der Waals surface area contributed by atoms with Crippen LogP contribution in [0.15, 0.2) is 36.4 Å². The second-order valence-corrected chi connectivity index (χ2v) is 4.70. The number of fused-ring (bicyclic) bond motifs is 1. The third-order valence-electron chi connectivity index (χ3n) is 3.31. The second kappa shape index (κ2) is 4.90. The molecule has 0 amide bonds. The van der Waals surface area contributed by atoms with Gasteiger partial charge in [0.15, 0.2) is 0 Å². The molecule has 98 valence electrons. The summed E-state index contributed by atoms with van der Waals surface area (Å²) >= 11 is 0. The Morgan fingerprint density at radius 1 is 1.32 bits per heavy atom. The molecule has 0 spiro atoms. The molecule has 0 radical (unpaired) electrons. The van der Waals surface area contributed by atoms with E-state index in [1.165, 1.54) is 0 Å². The van der Waals surface area contributed by atoms with Crippen LogP contribution in [0.3, 0.4) is 0 Å². The minimum atomic E-state index is 0.151.